The first-order valence-corrected chi connectivity index (χ1v) is 8.01. The van der Waals surface area contributed by atoms with Crippen molar-refractivity contribution < 1.29 is 14.3 Å². The highest BCUT2D eigenvalue weighted by Crippen LogP contribution is 2.23. The van der Waals surface area contributed by atoms with E-state index in [1.54, 1.807) is 25.0 Å². The highest BCUT2D eigenvalue weighted by atomic mass is 16.5. The van der Waals surface area contributed by atoms with Crippen molar-refractivity contribution in [3.8, 4) is 11.4 Å². The lowest BCUT2D eigenvalue weighted by molar-refractivity contribution is -0.124. The summed E-state index contributed by atoms with van der Waals surface area (Å²) in [7, 11) is 3.13. The molecule has 0 radical (unpaired) electrons. The van der Waals surface area contributed by atoms with Crippen molar-refractivity contribution in [2.75, 3.05) is 20.7 Å². The van der Waals surface area contributed by atoms with Crippen molar-refractivity contribution >= 4 is 11.8 Å². The van der Waals surface area contributed by atoms with Crippen molar-refractivity contribution in [1.29, 1.82) is 0 Å². The number of nitrogens with two attached hydrogens (primary N) is 1. The number of likely N-dealkylation sites (tertiary alicyclic amines) is 1. The minimum atomic E-state index is -0.554. The van der Waals surface area contributed by atoms with Crippen molar-refractivity contribution in [3.63, 3.8) is 0 Å². The maximum Gasteiger partial charge on any atom is 0.257 e. The fourth-order valence-electron chi connectivity index (χ4n) is 3.06. The van der Waals surface area contributed by atoms with E-state index < -0.39 is 6.04 Å². The molecule has 132 valence electrons. The van der Waals surface area contributed by atoms with Crippen molar-refractivity contribution in [2.45, 2.75) is 18.5 Å². The molecule has 0 saturated carbocycles. The van der Waals surface area contributed by atoms with Crippen LogP contribution in [-0.4, -0.2) is 59.3 Å². The van der Waals surface area contributed by atoms with E-state index in [4.69, 9.17) is 10.5 Å². The molecule has 8 nitrogen and oxygen atoms in total. The van der Waals surface area contributed by atoms with Crippen molar-refractivity contribution in [1.82, 2.24) is 20.0 Å². The number of rotatable bonds is 4. The largest absolute Gasteiger partial charge is 0.494 e. The monoisotopic (exact) mass is 343 g/mol. The molecule has 1 aliphatic heterocycles. The Morgan fingerprint density at radius 3 is 2.84 bits per heavy atom. The fraction of sp³-hybridized carbons (Fsp3) is 0.353. The summed E-state index contributed by atoms with van der Waals surface area (Å²) < 4.78 is 6.90. The molecule has 0 aliphatic carbocycles. The number of carbonyl (C=O) groups excluding carboxylic acids is 2. The van der Waals surface area contributed by atoms with Crippen molar-refractivity contribution in [2.24, 2.45) is 5.73 Å². The molecule has 1 aromatic carbocycles. The molecule has 2 amide bonds. The Labute approximate surface area is 145 Å². The summed E-state index contributed by atoms with van der Waals surface area (Å²) in [5, 5.41) is 6.84. The number of carbonyl (C=O) groups is 2. The smallest absolute Gasteiger partial charge is 0.257 e. The summed E-state index contributed by atoms with van der Waals surface area (Å²) in [6.45, 7) is 0.344. The van der Waals surface area contributed by atoms with Gasteiger partial charge in [-0.15, -0.1) is 0 Å². The molecule has 2 heterocycles. The third kappa shape index (κ3) is 3.20. The number of benzene rings is 1. The van der Waals surface area contributed by atoms with E-state index >= 15 is 0 Å². The Bertz CT molecular complexity index is 788. The molecule has 3 N–H and O–H groups in total. The lowest BCUT2D eigenvalue weighted by Crippen LogP contribution is -2.44. The summed E-state index contributed by atoms with van der Waals surface area (Å²) in [5.74, 6) is 0.178. The number of aromatic nitrogens is 2. The Balaban J connectivity index is 1.86. The summed E-state index contributed by atoms with van der Waals surface area (Å²) in [5.41, 5.74) is 7.07. The first kappa shape index (κ1) is 17.0. The molecular formula is C17H21N5O3. The van der Waals surface area contributed by atoms with E-state index in [0.29, 0.717) is 24.3 Å². The highest BCUT2D eigenvalue weighted by Gasteiger charge is 2.38. The summed E-state index contributed by atoms with van der Waals surface area (Å²) in [6, 6.07) is 6.62. The third-order valence-electron chi connectivity index (χ3n) is 4.30. The van der Waals surface area contributed by atoms with Crippen LogP contribution in [0.4, 0.5) is 0 Å². The third-order valence-corrected chi connectivity index (χ3v) is 4.30. The van der Waals surface area contributed by atoms with Gasteiger partial charge >= 0.3 is 0 Å². The van der Waals surface area contributed by atoms with Crippen LogP contribution in [0.3, 0.4) is 0 Å². The maximum absolute atomic E-state index is 12.8. The van der Waals surface area contributed by atoms with E-state index in [0.717, 1.165) is 5.69 Å². The SMILES string of the molecule is CNC(=O)[C@@H]1C[C@H](N)CN1C(=O)c1cnn(-c2ccccc2OC)c1. The van der Waals surface area contributed by atoms with Gasteiger partial charge in [-0.05, 0) is 18.6 Å². The minimum absolute atomic E-state index is 0.210. The van der Waals surface area contributed by atoms with Gasteiger partial charge in [0.25, 0.3) is 5.91 Å². The predicted octanol–water partition coefficient (Wildman–Crippen LogP) is 0.169. The second-order valence-electron chi connectivity index (χ2n) is 5.93. The zero-order chi connectivity index (χ0) is 18.0. The molecule has 0 bridgehead atoms. The molecular weight excluding hydrogens is 322 g/mol. The average Bonchev–Trinajstić information content (AvgIpc) is 3.27. The van der Waals surface area contributed by atoms with E-state index in [1.165, 1.54) is 11.1 Å². The molecule has 25 heavy (non-hydrogen) atoms. The van der Waals surface area contributed by atoms with Gasteiger partial charge in [0, 0.05) is 25.8 Å². The maximum atomic E-state index is 12.8. The first-order valence-electron chi connectivity index (χ1n) is 8.01. The van der Waals surface area contributed by atoms with Gasteiger partial charge in [0.15, 0.2) is 0 Å². The van der Waals surface area contributed by atoms with Gasteiger partial charge in [-0.25, -0.2) is 4.68 Å². The number of nitrogens with zero attached hydrogens (tertiary/aromatic N) is 3. The molecule has 2 aromatic rings. The molecule has 1 fully saturated rings. The molecule has 0 spiro atoms. The first-order chi connectivity index (χ1) is 12.0. The second kappa shape index (κ2) is 6.94. The quantitative estimate of drug-likeness (QED) is 0.824. The van der Waals surface area contributed by atoms with Gasteiger partial charge in [-0.2, -0.15) is 5.10 Å². The van der Waals surface area contributed by atoms with E-state index in [2.05, 4.69) is 10.4 Å². The van der Waals surface area contributed by atoms with Crippen LogP contribution >= 0.6 is 0 Å². The van der Waals surface area contributed by atoms with Crippen LogP contribution < -0.4 is 15.8 Å². The van der Waals surface area contributed by atoms with Crippen LogP contribution in [0.25, 0.3) is 5.69 Å². The number of hydrogen-bond acceptors (Lipinski definition) is 5. The van der Waals surface area contributed by atoms with Gasteiger partial charge in [0.1, 0.15) is 17.5 Å². The molecule has 2 atom stereocenters. The minimum Gasteiger partial charge on any atom is -0.494 e. The number of ether oxygens (including phenoxy) is 1. The van der Waals surface area contributed by atoms with Crippen LogP contribution in [0.2, 0.25) is 0 Å². The lowest BCUT2D eigenvalue weighted by Gasteiger charge is -2.22. The summed E-state index contributed by atoms with van der Waals surface area (Å²) in [6.07, 6.45) is 3.57. The molecule has 8 heteroatoms. The van der Waals surface area contributed by atoms with E-state index in [-0.39, 0.29) is 17.9 Å². The molecule has 1 saturated heterocycles. The normalized spacial score (nSPS) is 19.7. The Morgan fingerprint density at radius 2 is 2.12 bits per heavy atom. The lowest BCUT2D eigenvalue weighted by atomic mass is 10.1. The van der Waals surface area contributed by atoms with Gasteiger partial charge in [-0.3, -0.25) is 9.59 Å². The molecule has 3 rings (SSSR count). The fourth-order valence-corrected chi connectivity index (χ4v) is 3.06. The standard InChI is InChI=1S/C17H21N5O3/c1-19-16(23)14-7-12(18)10-21(14)17(24)11-8-20-22(9-11)13-5-3-4-6-15(13)25-2/h3-6,8-9,12,14H,7,10,18H2,1-2H3,(H,19,23)/t12-,14-/m0/s1. The van der Waals surface area contributed by atoms with E-state index in [9.17, 15) is 9.59 Å². The van der Waals surface area contributed by atoms with Crippen LogP contribution in [-0.2, 0) is 4.79 Å². The van der Waals surface area contributed by atoms with Crippen LogP contribution in [0.15, 0.2) is 36.7 Å². The number of likely N-dealkylation sites (N-methyl/N-ethyl adjacent to an activating group) is 1. The Morgan fingerprint density at radius 1 is 1.36 bits per heavy atom. The zero-order valence-electron chi connectivity index (χ0n) is 14.2. The number of methoxy groups -OCH3 is 1. The number of amides is 2. The number of hydrogen-bond donors (Lipinski definition) is 2. The van der Waals surface area contributed by atoms with Crippen LogP contribution in [0.1, 0.15) is 16.8 Å². The topological polar surface area (TPSA) is 102 Å². The van der Waals surface area contributed by atoms with Crippen LogP contribution in [0.5, 0.6) is 5.75 Å². The second-order valence-corrected chi connectivity index (χ2v) is 5.93. The summed E-state index contributed by atoms with van der Waals surface area (Å²) >= 11 is 0. The Kier molecular flexibility index (Phi) is 4.71. The van der Waals surface area contributed by atoms with Crippen LogP contribution in [0, 0.1) is 0 Å². The number of para-hydroxylation sites is 2. The molecule has 1 aliphatic rings. The molecule has 0 unspecified atom stereocenters. The van der Waals surface area contributed by atoms with Gasteiger partial charge in [0.2, 0.25) is 5.91 Å². The Hall–Kier alpha value is -2.87. The zero-order valence-corrected chi connectivity index (χ0v) is 14.2. The van der Waals surface area contributed by atoms with Gasteiger partial charge in [-0.1, -0.05) is 12.1 Å². The average molecular weight is 343 g/mol. The van der Waals surface area contributed by atoms with Gasteiger partial charge in [0.05, 0.1) is 18.9 Å². The van der Waals surface area contributed by atoms with Gasteiger partial charge < -0.3 is 20.7 Å². The summed E-state index contributed by atoms with van der Waals surface area (Å²) in [4.78, 5) is 26.4. The molecule has 1 aromatic heterocycles. The highest BCUT2D eigenvalue weighted by molar-refractivity contribution is 5.97. The van der Waals surface area contributed by atoms with E-state index in [1.807, 2.05) is 24.3 Å². The van der Waals surface area contributed by atoms with Crippen molar-refractivity contribution in [3.05, 3.63) is 42.2 Å². The predicted molar refractivity (Wildman–Crippen MR) is 91.6 cm³/mol. The number of nitrogens with one attached hydrogen (secondary N) is 1.